The van der Waals surface area contributed by atoms with Gasteiger partial charge in [-0.2, -0.15) is 5.10 Å². The van der Waals surface area contributed by atoms with E-state index in [4.69, 9.17) is 0 Å². The molecule has 0 bridgehead atoms. The van der Waals surface area contributed by atoms with Gasteiger partial charge in [0.15, 0.2) is 0 Å². The second-order valence-corrected chi connectivity index (χ2v) is 3.64. The molecule has 0 aliphatic heterocycles. The van der Waals surface area contributed by atoms with Crippen LogP contribution in [0.15, 0.2) is 30.7 Å². The van der Waals surface area contributed by atoms with Gasteiger partial charge < -0.3 is 0 Å². The van der Waals surface area contributed by atoms with Crippen LogP contribution in [0.2, 0.25) is 0 Å². The van der Waals surface area contributed by atoms with Crippen molar-refractivity contribution in [1.82, 2.24) is 14.8 Å². The number of aryl methyl sites for hydroxylation is 1. The van der Waals surface area contributed by atoms with Gasteiger partial charge in [-0.3, -0.25) is 9.67 Å². The Morgan fingerprint density at radius 2 is 2.14 bits per heavy atom. The highest BCUT2D eigenvalue weighted by Gasteiger charge is 2.00. The van der Waals surface area contributed by atoms with E-state index in [1.165, 1.54) is 0 Å². The molecule has 2 aromatic rings. The lowest BCUT2D eigenvalue weighted by Crippen LogP contribution is -1.85. The van der Waals surface area contributed by atoms with E-state index in [1.807, 2.05) is 31.7 Å². The number of alkyl halides is 1. The Morgan fingerprint density at radius 3 is 2.64 bits per heavy atom. The number of halogens is 1. The molecule has 0 radical (unpaired) electrons. The minimum absolute atomic E-state index is 0.792. The fourth-order valence-corrected chi connectivity index (χ4v) is 1.58. The predicted molar refractivity (Wildman–Crippen MR) is 59.1 cm³/mol. The van der Waals surface area contributed by atoms with Gasteiger partial charge in [-0.25, -0.2) is 0 Å². The summed E-state index contributed by atoms with van der Waals surface area (Å²) in [6.45, 7) is 0. The van der Waals surface area contributed by atoms with Crippen molar-refractivity contribution in [3.63, 3.8) is 0 Å². The number of hydrogen-bond acceptors (Lipinski definition) is 2. The molecule has 2 aromatic heterocycles. The molecule has 0 fully saturated rings. The molecular formula is C10H10BrN3. The average Bonchev–Trinajstić information content (AvgIpc) is 2.65. The van der Waals surface area contributed by atoms with Gasteiger partial charge in [0, 0.05) is 35.9 Å². The molecule has 0 N–H and O–H groups in total. The summed E-state index contributed by atoms with van der Waals surface area (Å²) in [4.78, 5) is 4.30. The summed E-state index contributed by atoms with van der Waals surface area (Å²) in [5, 5.41) is 4.91. The van der Waals surface area contributed by atoms with Crippen LogP contribution in [0.3, 0.4) is 0 Å². The molecule has 0 amide bonds. The minimum Gasteiger partial charge on any atom is -0.275 e. The molecule has 0 atom stereocenters. The summed E-state index contributed by atoms with van der Waals surface area (Å²) in [6, 6.07) is 4.07. The smallest absolute Gasteiger partial charge is 0.0568 e. The third kappa shape index (κ3) is 1.85. The van der Waals surface area contributed by atoms with E-state index in [9.17, 15) is 0 Å². The van der Waals surface area contributed by atoms with E-state index in [0.717, 1.165) is 22.2 Å². The summed E-state index contributed by atoms with van der Waals surface area (Å²) in [5.74, 6) is 0. The van der Waals surface area contributed by atoms with Crippen LogP contribution >= 0.6 is 15.9 Å². The molecule has 0 saturated heterocycles. The highest BCUT2D eigenvalue weighted by molar-refractivity contribution is 9.08. The van der Waals surface area contributed by atoms with Crippen LogP contribution in [0.25, 0.3) is 11.1 Å². The van der Waals surface area contributed by atoms with Crippen molar-refractivity contribution in [2.24, 2.45) is 7.05 Å². The maximum atomic E-state index is 4.30. The zero-order chi connectivity index (χ0) is 9.97. The van der Waals surface area contributed by atoms with Gasteiger partial charge in [-0.1, -0.05) is 22.0 Å². The molecule has 0 aliphatic carbocycles. The van der Waals surface area contributed by atoms with Crippen LogP contribution in [0.4, 0.5) is 0 Å². The SMILES string of the molecule is Cn1cc(-c2ccc(CBr)nc2)cn1. The van der Waals surface area contributed by atoms with E-state index in [1.54, 1.807) is 4.68 Å². The normalized spacial score (nSPS) is 10.4. The van der Waals surface area contributed by atoms with Crippen LogP contribution in [0.1, 0.15) is 5.69 Å². The lowest BCUT2D eigenvalue weighted by molar-refractivity contribution is 0.768. The molecular weight excluding hydrogens is 242 g/mol. The Morgan fingerprint density at radius 1 is 1.29 bits per heavy atom. The summed E-state index contributed by atoms with van der Waals surface area (Å²) in [6.07, 6.45) is 5.68. The highest BCUT2D eigenvalue weighted by Crippen LogP contribution is 2.17. The molecule has 0 saturated carbocycles. The average molecular weight is 252 g/mol. The zero-order valence-electron chi connectivity index (χ0n) is 7.81. The Labute approximate surface area is 90.9 Å². The largest absolute Gasteiger partial charge is 0.275 e. The molecule has 4 heteroatoms. The van der Waals surface area contributed by atoms with Crippen molar-refractivity contribution in [2.75, 3.05) is 0 Å². The summed E-state index contributed by atoms with van der Waals surface area (Å²) in [7, 11) is 1.91. The van der Waals surface area contributed by atoms with Gasteiger partial charge in [0.2, 0.25) is 0 Å². The maximum Gasteiger partial charge on any atom is 0.0568 e. The zero-order valence-corrected chi connectivity index (χ0v) is 9.40. The molecule has 2 heterocycles. The number of nitrogens with zero attached hydrogens (tertiary/aromatic N) is 3. The van der Waals surface area contributed by atoms with Gasteiger partial charge in [0.05, 0.1) is 11.9 Å². The summed E-state index contributed by atoms with van der Waals surface area (Å²) >= 11 is 3.36. The van der Waals surface area contributed by atoms with E-state index in [-0.39, 0.29) is 0 Å². The Balaban J connectivity index is 2.33. The fraction of sp³-hybridized carbons (Fsp3) is 0.200. The molecule has 0 spiro atoms. The second kappa shape index (κ2) is 3.92. The monoisotopic (exact) mass is 251 g/mol. The number of rotatable bonds is 2. The minimum atomic E-state index is 0.792. The molecule has 2 rings (SSSR count). The molecule has 14 heavy (non-hydrogen) atoms. The Bertz CT molecular complexity index is 419. The maximum absolute atomic E-state index is 4.30. The van der Waals surface area contributed by atoms with Crippen LogP contribution < -0.4 is 0 Å². The van der Waals surface area contributed by atoms with Gasteiger partial charge in [0.25, 0.3) is 0 Å². The lowest BCUT2D eigenvalue weighted by Gasteiger charge is -1.97. The van der Waals surface area contributed by atoms with E-state index in [0.29, 0.717) is 0 Å². The predicted octanol–water partition coefficient (Wildman–Crippen LogP) is 2.38. The first-order chi connectivity index (χ1) is 6.79. The second-order valence-electron chi connectivity index (χ2n) is 3.07. The Hall–Kier alpha value is -1.16. The van der Waals surface area contributed by atoms with Crippen molar-refractivity contribution in [2.45, 2.75) is 5.33 Å². The van der Waals surface area contributed by atoms with Gasteiger partial charge in [0.1, 0.15) is 0 Å². The van der Waals surface area contributed by atoms with E-state index in [2.05, 4.69) is 32.1 Å². The quantitative estimate of drug-likeness (QED) is 0.768. The van der Waals surface area contributed by atoms with Crippen LogP contribution in [0.5, 0.6) is 0 Å². The van der Waals surface area contributed by atoms with Gasteiger partial charge >= 0.3 is 0 Å². The molecule has 72 valence electrons. The molecule has 0 unspecified atom stereocenters. The van der Waals surface area contributed by atoms with Crippen LogP contribution in [0, 0.1) is 0 Å². The van der Waals surface area contributed by atoms with Crippen molar-refractivity contribution in [1.29, 1.82) is 0 Å². The van der Waals surface area contributed by atoms with E-state index < -0.39 is 0 Å². The van der Waals surface area contributed by atoms with Gasteiger partial charge in [-0.15, -0.1) is 0 Å². The fourth-order valence-electron chi connectivity index (χ4n) is 1.24. The highest BCUT2D eigenvalue weighted by atomic mass is 79.9. The first kappa shape index (κ1) is 9.40. The summed E-state index contributed by atoms with van der Waals surface area (Å²) < 4.78 is 1.79. The first-order valence-electron chi connectivity index (χ1n) is 4.29. The van der Waals surface area contributed by atoms with Crippen molar-refractivity contribution in [3.8, 4) is 11.1 Å². The Kier molecular flexibility index (Phi) is 2.63. The van der Waals surface area contributed by atoms with E-state index >= 15 is 0 Å². The first-order valence-corrected chi connectivity index (χ1v) is 5.41. The van der Waals surface area contributed by atoms with Crippen LogP contribution in [-0.2, 0) is 12.4 Å². The third-order valence-corrected chi connectivity index (χ3v) is 2.57. The van der Waals surface area contributed by atoms with Crippen molar-refractivity contribution in [3.05, 3.63) is 36.4 Å². The molecule has 0 aliphatic rings. The van der Waals surface area contributed by atoms with Crippen molar-refractivity contribution >= 4 is 15.9 Å². The number of aromatic nitrogens is 3. The third-order valence-electron chi connectivity index (χ3n) is 2.00. The van der Waals surface area contributed by atoms with Crippen molar-refractivity contribution < 1.29 is 0 Å². The van der Waals surface area contributed by atoms with Gasteiger partial charge in [-0.05, 0) is 6.07 Å². The number of hydrogen-bond donors (Lipinski definition) is 0. The summed E-state index contributed by atoms with van der Waals surface area (Å²) in [5.41, 5.74) is 3.24. The lowest BCUT2D eigenvalue weighted by atomic mass is 10.1. The van der Waals surface area contributed by atoms with Crippen LogP contribution in [-0.4, -0.2) is 14.8 Å². The standard InChI is InChI=1S/C10H10BrN3/c1-14-7-9(6-13-14)8-2-3-10(4-11)12-5-8/h2-3,5-7H,4H2,1H3. The number of pyridine rings is 1. The molecule has 0 aromatic carbocycles. The topological polar surface area (TPSA) is 30.7 Å². The molecule has 3 nitrogen and oxygen atoms in total.